The summed E-state index contributed by atoms with van der Waals surface area (Å²) in [5.74, 6) is 0. The molecule has 2 atom stereocenters. The number of aromatic nitrogens is 2. The van der Waals surface area contributed by atoms with E-state index in [0.29, 0.717) is 17.8 Å². The summed E-state index contributed by atoms with van der Waals surface area (Å²) in [7, 11) is 1.89. The lowest BCUT2D eigenvalue weighted by Crippen LogP contribution is -2.36. The molecule has 1 aliphatic rings. The lowest BCUT2D eigenvalue weighted by molar-refractivity contribution is -0.00635. The third kappa shape index (κ3) is 3.03. The van der Waals surface area contributed by atoms with Crippen molar-refractivity contribution < 1.29 is 13.9 Å². The second-order valence-corrected chi connectivity index (χ2v) is 7.54. The summed E-state index contributed by atoms with van der Waals surface area (Å²) >= 11 is 0. The SMILES string of the molecule is Cc1ccc2c(c1)c1c(n2CC(O)(CF)c2cccnc2)C(F)CN(C)C1. The fourth-order valence-corrected chi connectivity index (χ4v) is 4.06. The molecule has 1 N–H and O–H groups in total. The van der Waals surface area contributed by atoms with Gasteiger partial charge in [0.25, 0.3) is 0 Å². The van der Waals surface area contributed by atoms with E-state index in [1.807, 2.05) is 37.1 Å². The molecular weight excluding hydrogens is 348 g/mol. The quantitative estimate of drug-likeness (QED) is 0.761. The van der Waals surface area contributed by atoms with Crippen LogP contribution in [0.1, 0.15) is 28.6 Å². The van der Waals surface area contributed by atoms with Gasteiger partial charge in [-0.1, -0.05) is 17.7 Å². The maximum absolute atomic E-state index is 15.1. The Kier molecular flexibility index (Phi) is 4.48. The Balaban J connectivity index is 1.90. The van der Waals surface area contributed by atoms with Crippen molar-refractivity contribution in [2.24, 2.45) is 0 Å². The molecule has 0 spiro atoms. The third-order valence-electron chi connectivity index (χ3n) is 5.40. The van der Waals surface area contributed by atoms with Crippen LogP contribution in [0.15, 0.2) is 42.7 Å². The third-order valence-corrected chi connectivity index (χ3v) is 5.40. The van der Waals surface area contributed by atoms with Crippen LogP contribution in [0.5, 0.6) is 0 Å². The first-order valence-electron chi connectivity index (χ1n) is 9.06. The highest BCUT2D eigenvalue weighted by Crippen LogP contribution is 2.39. The lowest BCUT2D eigenvalue weighted by atomic mass is 9.96. The minimum Gasteiger partial charge on any atom is -0.380 e. The van der Waals surface area contributed by atoms with Gasteiger partial charge < -0.3 is 9.67 Å². The molecule has 27 heavy (non-hydrogen) atoms. The first-order valence-corrected chi connectivity index (χ1v) is 9.06. The van der Waals surface area contributed by atoms with Crippen LogP contribution in [-0.2, 0) is 18.7 Å². The number of likely N-dealkylation sites (N-methyl/N-ethyl adjacent to an activating group) is 1. The van der Waals surface area contributed by atoms with Crippen molar-refractivity contribution in [1.82, 2.24) is 14.5 Å². The number of aliphatic hydroxyl groups is 1. The van der Waals surface area contributed by atoms with Gasteiger partial charge in [0.15, 0.2) is 6.17 Å². The van der Waals surface area contributed by atoms with Crippen molar-refractivity contribution in [3.63, 3.8) is 0 Å². The molecule has 3 heterocycles. The van der Waals surface area contributed by atoms with Crippen LogP contribution in [-0.4, -0.2) is 39.8 Å². The van der Waals surface area contributed by atoms with Crippen molar-refractivity contribution in [1.29, 1.82) is 0 Å². The van der Waals surface area contributed by atoms with E-state index in [1.165, 1.54) is 6.20 Å². The van der Waals surface area contributed by atoms with Gasteiger partial charge in [0.05, 0.1) is 12.2 Å². The summed E-state index contributed by atoms with van der Waals surface area (Å²) in [5.41, 5.74) is 1.99. The Morgan fingerprint density at radius 2 is 2.15 bits per heavy atom. The average molecular weight is 371 g/mol. The van der Waals surface area contributed by atoms with Gasteiger partial charge in [-0.2, -0.15) is 0 Å². The molecule has 4 nitrogen and oxygen atoms in total. The molecule has 2 aromatic heterocycles. The second-order valence-electron chi connectivity index (χ2n) is 7.54. The van der Waals surface area contributed by atoms with Crippen molar-refractivity contribution in [2.45, 2.75) is 31.8 Å². The number of nitrogens with zero attached hydrogens (tertiary/aromatic N) is 3. The molecule has 142 valence electrons. The zero-order chi connectivity index (χ0) is 19.2. The van der Waals surface area contributed by atoms with Crippen LogP contribution < -0.4 is 0 Å². The minimum atomic E-state index is -1.76. The molecule has 0 saturated heterocycles. The minimum absolute atomic E-state index is 0.0613. The van der Waals surface area contributed by atoms with Gasteiger partial charge in [0.2, 0.25) is 0 Å². The molecule has 0 amide bonds. The number of halogens is 2. The monoisotopic (exact) mass is 371 g/mol. The Morgan fingerprint density at radius 1 is 1.33 bits per heavy atom. The first kappa shape index (κ1) is 18.1. The lowest BCUT2D eigenvalue weighted by Gasteiger charge is -2.31. The Hall–Kier alpha value is -2.31. The van der Waals surface area contributed by atoms with E-state index in [4.69, 9.17) is 0 Å². The predicted molar refractivity (Wildman–Crippen MR) is 101 cm³/mol. The first-order chi connectivity index (χ1) is 12.9. The summed E-state index contributed by atoms with van der Waals surface area (Å²) in [4.78, 5) is 5.94. The summed E-state index contributed by atoms with van der Waals surface area (Å²) in [6.07, 6.45) is 1.85. The normalized spacial score (nSPS) is 19.8. The number of hydrogen-bond donors (Lipinski definition) is 1. The van der Waals surface area contributed by atoms with Crippen LogP contribution in [0, 0.1) is 6.92 Å². The van der Waals surface area contributed by atoms with Crippen molar-refractivity contribution in [3.05, 3.63) is 65.1 Å². The van der Waals surface area contributed by atoms with Crippen LogP contribution >= 0.6 is 0 Å². The maximum Gasteiger partial charge on any atom is 0.153 e. The summed E-state index contributed by atoms with van der Waals surface area (Å²) in [6.45, 7) is 1.87. The van der Waals surface area contributed by atoms with E-state index in [2.05, 4.69) is 4.98 Å². The number of pyridine rings is 1. The molecule has 0 radical (unpaired) electrons. The van der Waals surface area contributed by atoms with Gasteiger partial charge in [-0.15, -0.1) is 0 Å². The number of hydrogen-bond acceptors (Lipinski definition) is 3. The molecule has 1 aliphatic heterocycles. The van der Waals surface area contributed by atoms with Gasteiger partial charge >= 0.3 is 0 Å². The molecule has 0 bridgehead atoms. The van der Waals surface area contributed by atoms with Gasteiger partial charge in [0.1, 0.15) is 12.3 Å². The van der Waals surface area contributed by atoms with E-state index >= 15 is 4.39 Å². The Bertz CT molecular complexity index is 972. The second kappa shape index (κ2) is 6.69. The zero-order valence-corrected chi connectivity index (χ0v) is 15.5. The molecule has 0 aliphatic carbocycles. The molecule has 1 aromatic carbocycles. The fraction of sp³-hybridized carbons (Fsp3) is 0.381. The molecule has 3 aromatic rings. The van der Waals surface area contributed by atoms with Crippen LogP contribution in [0.25, 0.3) is 10.9 Å². The Labute approximate surface area is 157 Å². The van der Waals surface area contributed by atoms with E-state index in [1.54, 1.807) is 22.9 Å². The molecule has 6 heteroatoms. The number of aryl methyl sites for hydroxylation is 1. The molecule has 2 unspecified atom stereocenters. The van der Waals surface area contributed by atoms with E-state index in [9.17, 15) is 9.50 Å². The largest absolute Gasteiger partial charge is 0.380 e. The predicted octanol–water partition coefficient (Wildman–Crippen LogP) is 3.66. The zero-order valence-electron chi connectivity index (χ0n) is 15.5. The van der Waals surface area contributed by atoms with Gasteiger partial charge in [-0.25, -0.2) is 8.78 Å². The van der Waals surface area contributed by atoms with Crippen LogP contribution in [0.3, 0.4) is 0 Å². The maximum atomic E-state index is 15.1. The number of alkyl halides is 2. The van der Waals surface area contributed by atoms with Crippen molar-refractivity contribution in [3.8, 4) is 0 Å². The van der Waals surface area contributed by atoms with Crippen LogP contribution in [0.4, 0.5) is 8.78 Å². The average Bonchev–Trinajstić information content (AvgIpc) is 2.95. The van der Waals surface area contributed by atoms with Gasteiger partial charge in [-0.05, 0) is 37.7 Å². The van der Waals surface area contributed by atoms with Gasteiger partial charge in [0, 0.05) is 41.9 Å². The number of fused-ring (bicyclic) bond motifs is 3. The molecule has 0 fully saturated rings. The van der Waals surface area contributed by atoms with E-state index in [0.717, 1.165) is 22.0 Å². The number of benzene rings is 1. The highest BCUT2D eigenvalue weighted by Gasteiger charge is 2.36. The Morgan fingerprint density at radius 3 is 2.85 bits per heavy atom. The highest BCUT2D eigenvalue weighted by molar-refractivity contribution is 5.86. The van der Waals surface area contributed by atoms with Crippen molar-refractivity contribution in [2.75, 3.05) is 20.3 Å². The van der Waals surface area contributed by atoms with Crippen LogP contribution in [0.2, 0.25) is 0 Å². The summed E-state index contributed by atoms with van der Waals surface area (Å²) < 4.78 is 30.8. The van der Waals surface area contributed by atoms with E-state index in [-0.39, 0.29) is 13.1 Å². The van der Waals surface area contributed by atoms with Gasteiger partial charge in [-0.3, -0.25) is 9.88 Å². The number of rotatable bonds is 4. The smallest absolute Gasteiger partial charge is 0.153 e. The summed E-state index contributed by atoms with van der Waals surface area (Å²) in [6, 6.07) is 9.23. The van der Waals surface area contributed by atoms with E-state index < -0.39 is 18.4 Å². The highest BCUT2D eigenvalue weighted by atomic mass is 19.1. The molecular formula is C21H23F2N3O. The molecule has 4 rings (SSSR count). The topological polar surface area (TPSA) is 41.3 Å². The van der Waals surface area contributed by atoms with Crippen molar-refractivity contribution >= 4 is 10.9 Å². The fourth-order valence-electron chi connectivity index (χ4n) is 4.06. The molecule has 0 saturated carbocycles. The summed E-state index contributed by atoms with van der Waals surface area (Å²) in [5, 5.41) is 12.0. The standard InChI is InChI=1S/C21H23F2N3O/c1-14-5-6-19-16(8-14)17-10-25(2)11-18(23)20(17)26(19)13-21(27,12-22)15-4-3-7-24-9-15/h3-9,18,27H,10-13H2,1-2H3.